The molecule has 1 aromatic heterocycles. The van der Waals surface area contributed by atoms with Crippen molar-refractivity contribution in [2.24, 2.45) is 7.05 Å². The third-order valence-corrected chi connectivity index (χ3v) is 12.8. The van der Waals surface area contributed by atoms with Crippen LogP contribution < -0.4 is 10.6 Å². The van der Waals surface area contributed by atoms with Gasteiger partial charge in [0.1, 0.15) is 16.9 Å². The van der Waals surface area contributed by atoms with Crippen molar-refractivity contribution in [3.05, 3.63) is 119 Å². The number of nitrogens with one attached hydrogen (secondary N) is 2. The van der Waals surface area contributed by atoms with Crippen LogP contribution >= 0.6 is 0 Å². The molecule has 0 unspecified atom stereocenters. The van der Waals surface area contributed by atoms with Crippen LogP contribution in [-0.4, -0.2) is 37.2 Å². The Morgan fingerprint density at radius 3 is 1.78 bits per heavy atom. The maximum Gasteiger partial charge on any atom is 0.256 e. The number of rotatable bonds is 12. The second-order valence-corrected chi connectivity index (χ2v) is 16.9. The Morgan fingerprint density at radius 2 is 1.32 bits per heavy atom. The van der Waals surface area contributed by atoms with Crippen molar-refractivity contribution in [2.75, 3.05) is 18.5 Å². The van der Waals surface area contributed by atoms with Gasteiger partial charge < -0.3 is 15.1 Å². The van der Waals surface area contributed by atoms with Crippen molar-refractivity contribution >= 4 is 20.0 Å². The molecule has 0 saturated carbocycles. The molecule has 7 heteroatoms. The number of aryl methyl sites for hydroxylation is 1. The molecule has 6 nitrogen and oxygen atoms in total. The van der Waals surface area contributed by atoms with E-state index in [0.717, 1.165) is 36.1 Å². The van der Waals surface area contributed by atoms with Crippen molar-refractivity contribution in [2.45, 2.75) is 57.3 Å². The zero-order valence-corrected chi connectivity index (χ0v) is 26.3. The lowest BCUT2D eigenvalue weighted by Gasteiger charge is -2.38. The summed E-state index contributed by atoms with van der Waals surface area (Å²) in [6, 6.07) is 31.0. The average Bonchev–Trinajstić information content (AvgIpc) is 3.33. The Kier molecular flexibility index (Phi) is 9.51. The summed E-state index contributed by atoms with van der Waals surface area (Å²) >= 11 is 0. The van der Waals surface area contributed by atoms with Crippen molar-refractivity contribution in [3.8, 4) is 0 Å². The highest BCUT2D eigenvalue weighted by Crippen LogP contribution is 2.40. The van der Waals surface area contributed by atoms with Crippen LogP contribution in [0.25, 0.3) is 0 Å². The molecule has 2 N–H and O–H groups in total. The van der Waals surface area contributed by atoms with Gasteiger partial charge in [-0.3, -0.25) is 9.48 Å². The molecule has 1 heterocycles. The first kappa shape index (κ1) is 30.3. The van der Waals surface area contributed by atoms with Crippen LogP contribution in [0.4, 0.5) is 5.82 Å². The number of unbranched alkanes of at least 4 members (excludes halogenated alkanes) is 1. The molecule has 0 bridgehead atoms. The fourth-order valence-electron chi connectivity index (χ4n) is 4.78. The van der Waals surface area contributed by atoms with Gasteiger partial charge in [0.15, 0.2) is 8.32 Å². The molecule has 4 rings (SSSR count). The van der Waals surface area contributed by atoms with Crippen LogP contribution in [-0.2, 0) is 17.0 Å². The Balaban J connectivity index is 1.57. The zero-order chi connectivity index (χ0) is 29.5. The minimum Gasteiger partial charge on any atom is -0.417 e. The van der Waals surface area contributed by atoms with E-state index in [1.807, 2.05) is 61.6 Å². The van der Waals surface area contributed by atoms with Crippen molar-refractivity contribution in [3.63, 3.8) is 0 Å². The molecule has 0 radical (unpaired) electrons. The van der Waals surface area contributed by atoms with E-state index in [4.69, 9.17) is 4.43 Å². The van der Waals surface area contributed by atoms with E-state index in [1.165, 1.54) is 0 Å². The lowest BCUT2D eigenvalue weighted by Crippen LogP contribution is -2.41. The fourth-order valence-corrected chi connectivity index (χ4v) is 5.87. The second-order valence-electron chi connectivity index (χ2n) is 12.1. The lowest BCUT2D eigenvalue weighted by atomic mass is 9.77. The SMILES string of the molecule is Cn1ncc(C(=O)NCCCCO[Si](C)(C)C(C)(C)C)c1NC(c1ccccc1)(c1ccccc1)c1ccccc1. The number of hydrogen-bond acceptors (Lipinski definition) is 4. The minimum atomic E-state index is -1.76. The Hall–Kier alpha value is -3.68. The molecule has 0 spiro atoms. The molecule has 0 atom stereocenters. The van der Waals surface area contributed by atoms with Gasteiger partial charge in [-0.05, 0) is 47.7 Å². The number of carbonyl (C=O) groups excluding carboxylic acids is 1. The van der Waals surface area contributed by atoms with Crippen LogP contribution in [0.5, 0.6) is 0 Å². The highest BCUT2D eigenvalue weighted by atomic mass is 28.4. The van der Waals surface area contributed by atoms with E-state index in [9.17, 15) is 4.79 Å². The van der Waals surface area contributed by atoms with E-state index in [1.54, 1.807) is 10.9 Å². The predicted molar refractivity (Wildman–Crippen MR) is 171 cm³/mol. The molecular formula is C34H44N4O2Si. The second kappa shape index (κ2) is 12.9. The first-order valence-electron chi connectivity index (χ1n) is 14.5. The molecule has 4 aromatic rings. The summed E-state index contributed by atoms with van der Waals surface area (Å²) in [5.41, 5.74) is 2.94. The maximum absolute atomic E-state index is 13.5. The van der Waals surface area contributed by atoms with Crippen LogP contribution in [0.3, 0.4) is 0 Å². The van der Waals surface area contributed by atoms with E-state index >= 15 is 0 Å². The number of aromatic nitrogens is 2. The van der Waals surface area contributed by atoms with Gasteiger partial charge >= 0.3 is 0 Å². The maximum atomic E-state index is 13.5. The smallest absolute Gasteiger partial charge is 0.256 e. The standard InChI is InChI=1S/C34H44N4O2Si/c1-33(2,3)41(5,6)40-25-17-16-24-35-32(39)30-26-36-38(4)31(30)37-34(27-18-10-7-11-19-27,28-20-12-8-13-21-28)29-22-14-9-15-23-29/h7-15,18-23,26,37H,16-17,24-25H2,1-6H3,(H,35,39). The Morgan fingerprint density at radius 1 is 0.829 bits per heavy atom. The van der Waals surface area contributed by atoms with E-state index in [-0.39, 0.29) is 10.9 Å². The number of amides is 1. The summed E-state index contributed by atoms with van der Waals surface area (Å²) in [6.45, 7) is 12.6. The lowest BCUT2D eigenvalue weighted by molar-refractivity contribution is 0.0953. The van der Waals surface area contributed by atoms with Crippen LogP contribution in [0, 0.1) is 0 Å². The molecule has 0 aliphatic heterocycles. The number of anilines is 1. The van der Waals surface area contributed by atoms with Gasteiger partial charge in [-0.25, -0.2) is 0 Å². The van der Waals surface area contributed by atoms with Crippen molar-refractivity contribution < 1.29 is 9.22 Å². The topological polar surface area (TPSA) is 68.2 Å². The van der Waals surface area contributed by atoms with Crippen LogP contribution in [0.2, 0.25) is 18.1 Å². The highest BCUT2D eigenvalue weighted by Gasteiger charge is 2.38. The summed E-state index contributed by atoms with van der Waals surface area (Å²) in [5.74, 6) is 0.509. The van der Waals surface area contributed by atoms with Crippen molar-refractivity contribution in [1.29, 1.82) is 0 Å². The molecule has 0 aliphatic carbocycles. The molecule has 41 heavy (non-hydrogen) atoms. The van der Waals surface area contributed by atoms with Gasteiger partial charge in [0.25, 0.3) is 5.91 Å². The van der Waals surface area contributed by atoms with Gasteiger partial charge in [0.2, 0.25) is 0 Å². The summed E-state index contributed by atoms with van der Waals surface area (Å²) < 4.78 is 8.03. The van der Waals surface area contributed by atoms with Gasteiger partial charge in [0.05, 0.1) is 6.20 Å². The zero-order valence-electron chi connectivity index (χ0n) is 25.3. The van der Waals surface area contributed by atoms with Gasteiger partial charge in [-0.1, -0.05) is 112 Å². The third-order valence-electron chi connectivity index (χ3n) is 8.24. The molecule has 0 aliphatic rings. The molecule has 216 valence electrons. The first-order chi connectivity index (χ1) is 19.6. The molecule has 0 saturated heterocycles. The summed E-state index contributed by atoms with van der Waals surface area (Å²) in [5, 5.41) is 11.6. The third kappa shape index (κ3) is 6.80. The fraction of sp³-hybridized carbons (Fsp3) is 0.353. The summed E-state index contributed by atoms with van der Waals surface area (Å²) in [4.78, 5) is 13.5. The minimum absolute atomic E-state index is 0.144. The Bertz CT molecular complexity index is 1300. The summed E-state index contributed by atoms with van der Waals surface area (Å²) in [7, 11) is 0.106. The quantitative estimate of drug-likeness (QED) is 0.106. The van der Waals surface area contributed by atoms with Crippen LogP contribution in [0.1, 0.15) is 60.7 Å². The van der Waals surface area contributed by atoms with Gasteiger partial charge in [-0.15, -0.1) is 0 Å². The first-order valence-corrected chi connectivity index (χ1v) is 17.4. The van der Waals surface area contributed by atoms with E-state index in [0.29, 0.717) is 17.9 Å². The Labute approximate surface area is 246 Å². The predicted octanol–water partition coefficient (Wildman–Crippen LogP) is 7.36. The van der Waals surface area contributed by atoms with Gasteiger partial charge in [0, 0.05) is 20.2 Å². The highest BCUT2D eigenvalue weighted by molar-refractivity contribution is 6.74. The van der Waals surface area contributed by atoms with E-state index in [2.05, 4.69) is 86.0 Å². The van der Waals surface area contributed by atoms with E-state index < -0.39 is 13.9 Å². The molecule has 0 fully saturated rings. The largest absolute Gasteiger partial charge is 0.417 e. The number of nitrogens with zero attached hydrogens (tertiary/aromatic N) is 2. The monoisotopic (exact) mass is 568 g/mol. The summed E-state index contributed by atoms with van der Waals surface area (Å²) in [6.07, 6.45) is 3.40. The van der Waals surface area contributed by atoms with Crippen molar-refractivity contribution in [1.82, 2.24) is 15.1 Å². The number of carbonyl (C=O) groups is 1. The van der Waals surface area contributed by atoms with Crippen LogP contribution in [0.15, 0.2) is 97.2 Å². The van der Waals surface area contributed by atoms with Gasteiger partial charge in [-0.2, -0.15) is 5.10 Å². The normalized spacial score (nSPS) is 12.2. The molecule has 3 aromatic carbocycles. The number of benzene rings is 3. The molecular weight excluding hydrogens is 524 g/mol. The average molecular weight is 569 g/mol. The molecule has 1 amide bonds. The number of hydrogen-bond donors (Lipinski definition) is 2.